The highest BCUT2D eigenvalue weighted by Crippen LogP contribution is 2.38. The van der Waals surface area contributed by atoms with Crippen molar-refractivity contribution in [3.63, 3.8) is 0 Å². The fraction of sp³-hybridized carbons (Fsp3) is 0.333. The summed E-state index contributed by atoms with van der Waals surface area (Å²) in [6.45, 7) is 4.02. The molecule has 0 bridgehead atoms. The van der Waals surface area contributed by atoms with Crippen LogP contribution in [0.2, 0.25) is 0 Å². The van der Waals surface area contributed by atoms with Gasteiger partial charge < -0.3 is 5.32 Å². The van der Waals surface area contributed by atoms with Gasteiger partial charge in [0.05, 0.1) is 0 Å². The van der Waals surface area contributed by atoms with Crippen LogP contribution in [0.1, 0.15) is 34.9 Å². The highest BCUT2D eigenvalue weighted by atomic mass is 79.9. The van der Waals surface area contributed by atoms with E-state index < -0.39 is 0 Å². The van der Waals surface area contributed by atoms with Crippen molar-refractivity contribution in [2.24, 2.45) is 0 Å². The Morgan fingerprint density at radius 3 is 2.67 bits per heavy atom. The summed E-state index contributed by atoms with van der Waals surface area (Å²) in [5, 5.41) is 3.44. The van der Waals surface area contributed by atoms with E-state index in [2.05, 4.69) is 46.4 Å². The van der Waals surface area contributed by atoms with Crippen LogP contribution in [0.15, 0.2) is 46.9 Å². The minimum atomic E-state index is -0.151. The maximum absolute atomic E-state index is 13.5. The highest BCUT2D eigenvalue weighted by molar-refractivity contribution is 9.10. The van der Waals surface area contributed by atoms with Crippen molar-refractivity contribution in [1.29, 1.82) is 0 Å². The van der Waals surface area contributed by atoms with Crippen LogP contribution in [0.5, 0.6) is 0 Å². The Kier molecular flexibility index (Phi) is 4.41. The van der Waals surface area contributed by atoms with Gasteiger partial charge in [0.25, 0.3) is 0 Å². The van der Waals surface area contributed by atoms with Crippen LogP contribution in [0.4, 0.5) is 4.39 Å². The molecule has 0 saturated carbocycles. The molecule has 1 nitrogen and oxygen atoms in total. The number of nitrogens with one attached hydrogen (secondary N) is 1. The summed E-state index contributed by atoms with van der Waals surface area (Å²) in [4.78, 5) is 0. The minimum Gasteiger partial charge on any atom is -0.316 e. The van der Waals surface area contributed by atoms with Gasteiger partial charge in [-0.1, -0.05) is 40.2 Å². The van der Waals surface area contributed by atoms with Crippen LogP contribution < -0.4 is 5.32 Å². The quantitative estimate of drug-likeness (QED) is 0.825. The molecule has 0 radical (unpaired) electrons. The van der Waals surface area contributed by atoms with Crippen LogP contribution in [0.3, 0.4) is 0 Å². The first-order valence-corrected chi connectivity index (χ1v) is 8.16. The zero-order chi connectivity index (χ0) is 14.8. The van der Waals surface area contributed by atoms with Crippen LogP contribution >= 0.6 is 15.9 Å². The van der Waals surface area contributed by atoms with E-state index in [0.717, 1.165) is 29.5 Å². The lowest BCUT2D eigenvalue weighted by Gasteiger charge is -2.33. The maximum atomic E-state index is 13.5. The van der Waals surface area contributed by atoms with E-state index in [1.54, 1.807) is 12.1 Å². The summed E-state index contributed by atoms with van der Waals surface area (Å²) < 4.78 is 14.7. The molecular formula is C18H19BrFN. The molecule has 1 aliphatic rings. The number of benzene rings is 2. The number of piperidine rings is 1. The fourth-order valence-electron chi connectivity index (χ4n) is 3.18. The van der Waals surface area contributed by atoms with Gasteiger partial charge in [-0.15, -0.1) is 0 Å². The monoisotopic (exact) mass is 347 g/mol. The molecule has 0 aromatic heterocycles. The molecule has 2 aromatic carbocycles. The Balaban J connectivity index is 1.96. The Bertz CT molecular complexity index is 641. The van der Waals surface area contributed by atoms with Crippen molar-refractivity contribution in [3.8, 4) is 0 Å². The molecule has 1 aliphatic heterocycles. The van der Waals surface area contributed by atoms with Gasteiger partial charge in [0, 0.05) is 16.9 Å². The SMILES string of the molecule is Cc1ccc(C2CCNCC2c2cccc(F)c2)cc1Br. The van der Waals surface area contributed by atoms with E-state index in [4.69, 9.17) is 0 Å². The molecule has 1 fully saturated rings. The summed E-state index contributed by atoms with van der Waals surface area (Å²) >= 11 is 3.62. The maximum Gasteiger partial charge on any atom is 0.123 e. The van der Waals surface area contributed by atoms with Gasteiger partial charge in [-0.3, -0.25) is 0 Å². The molecule has 1 heterocycles. The van der Waals surface area contributed by atoms with Gasteiger partial charge in [-0.2, -0.15) is 0 Å². The largest absolute Gasteiger partial charge is 0.316 e. The summed E-state index contributed by atoms with van der Waals surface area (Å²) in [6, 6.07) is 13.6. The van der Waals surface area contributed by atoms with Gasteiger partial charge in [-0.05, 0) is 60.7 Å². The molecule has 0 amide bonds. The first-order chi connectivity index (χ1) is 10.1. The molecule has 21 heavy (non-hydrogen) atoms. The van der Waals surface area contributed by atoms with Gasteiger partial charge in [0.15, 0.2) is 0 Å². The predicted molar refractivity (Wildman–Crippen MR) is 88.2 cm³/mol. The number of aryl methyl sites for hydroxylation is 1. The van der Waals surface area contributed by atoms with Gasteiger partial charge in [0.1, 0.15) is 5.82 Å². The zero-order valence-electron chi connectivity index (χ0n) is 12.1. The topological polar surface area (TPSA) is 12.0 Å². The normalized spacial score (nSPS) is 22.2. The average Bonchev–Trinajstić information content (AvgIpc) is 2.50. The van der Waals surface area contributed by atoms with Crippen LogP contribution in [0.25, 0.3) is 0 Å². The molecule has 0 spiro atoms. The number of hydrogen-bond donors (Lipinski definition) is 1. The Hall–Kier alpha value is -1.19. The predicted octanol–water partition coefficient (Wildman–Crippen LogP) is 4.76. The number of rotatable bonds is 2. The van der Waals surface area contributed by atoms with E-state index >= 15 is 0 Å². The fourth-order valence-corrected chi connectivity index (χ4v) is 3.58. The van der Waals surface area contributed by atoms with Crippen LogP contribution in [-0.2, 0) is 0 Å². The lowest BCUT2D eigenvalue weighted by molar-refractivity contribution is 0.403. The molecule has 1 N–H and O–H groups in total. The van der Waals surface area contributed by atoms with E-state index in [1.165, 1.54) is 17.2 Å². The second-order valence-corrected chi connectivity index (χ2v) is 6.62. The third-order valence-electron chi connectivity index (χ3n) is 4.38. The second-order valence-electron chi connectivity index (χ2n) is 5.77. The Morgan fingerprint density at radius 2 is 1.90 bits per heavy atom. The van der Waals surface area contributed by atoms with E-state index in [0.29, 0.717) is 11.8 Å². The smallest absolute Gasteiger partial charge is 0.123 e. The summed E-state index contributed by atoms with van der Waals surface area (Å²) in [5.41, 5.74) is 3.67. The molecule has 2 unspecified atom stereocenters. The van der Waals surface area contributed by atoms with E-state index in [-0.39, 0.29) is 5.82 Å². The molecular weight excluding hydrogens is 329 g/mol. The average molecular weight is 348 g/mol. The molecule has 3 heteroatoms. The Morgan fingerprint density at radius 1 is 1.10 bits per heavy atom. The second kappa shape index (κ2) is 6.29. The summed E-state index contributed by atoms with van der Waals surface area (Å²) in [7, 11) is 0. The molecule has 2 aromatic rings. The number of hydrogen-bond acceptors (Lipinski definition) is 1. The molecule has 110 valence electrons. The molecule has 3 rings (SSSR count). The minimum absolute atomic E-state index is 0.151. The van der Waals surface area contributed by atoms with E-state index in [1.807, 2.05) is 6.07 Å². The first kappa shape index (κ1) is 14.7. The number of halogens is 2. The van der Waals surface area contributed by atoms with Crippen molar-refractivity contribution in [1.82, 2.24) is 5.32 Å². The van der Waals surface area contributed by atoms with Crippen LogP contribution in [0, 0.1) is 12.7 Å². The first-order valence-electron chi connectivity index (χ1n) is 7.37. The standard InChI is InChI=1S/C18H19BrFN/c1-12-5-6-14(10-18(12)19)16-7-8-21-11-17(16)13-3-2-4-15(20)9-13/h2-6,9-10,16-17,21H,7-8,11H2,1H3. The highest BCUT2D eigenvalue weighted by Gasteiger charge is 2.28. The van der Waals surface area contributed by atoms with Crippen molar-refractivity contribution in [3.05, 3.63) is 69.4 Å². The lowest BCUT2D eigenvalue weighted by atomic mass is 9.77. The van der Waals surface area contributed by atoms with Crippen molar-refractivity contribution < 1.29 is 4.39 Å². The van der Waals surface area contributed by atoms with E-state index in [9.17, 15) is 4.39 Å². The Labute approximate surface area is 133 Å². The third-order valence-corrected chi connectivity index (χ3v) is 5.24. The lowest BCUT2D eigenvalue weighted by Crippen LogP contribution is -2.34. The zero-order valence-corrected chi connectivity index (χ0v) is 13.7. The molecule has 0 aliphatic carbocycles. The van der Waals surface area contributed by atoms with Crippen molar-refractivity contribution >= 4 is 15.9 Å². The summed E-state index contributed by atoms with van der Waals surface area (Å²) in [6.07, 6.45) is 1.08. The van der Waals surface area contributed by atoms with Crippen molar-refractivity contribution in [2.45, 2.75) is 25.2 Å². The molecule has 2 atom stereocenters. The third kappa shape index (κ3) is 3.19. The van der Waals surface area contributed by atoms with Gasteiger partial charge in [0.2, 0.25) is 0 Å². The van der Waals surface area contributed by atoms with Crippen molar-refractivity contribution in [2.75, 3.05) is 13.1 Å². The summed E-state index contributed by atoms with van der Waals surface area (Å²) in [5.74, 6) is 0.607. The van der Waals surface area contributed by atoms with Gasteiger partial charge in [-0.25, -0.2) is 4.39 Å². The van der Waals surface area contributed by atoms with Crippen LogP contribution in [-0.4, -0.2) is 13.1 Å². The molecule has 1 saturated heterocycles. The van der Waals surface area contributed by atoms with Gasteiger partial charge >= 0.3 is 0 Å².